The molecule has 92 valence electrons. The molecule has 0 aliphatic carbocycles. The van der Waals surface area contributed by atoms with Gasteiger partial charge in [-0.05, 0) is 12.1 Å². The second kappa shape index (κ2) is 4.46. The van der Waals surface area contributed by atoms with E-state index in [0.29, 0.717) is 0 Å². The molecule has 0 amide bonds. The molecule has 1 heterocycles. The second-order valence-electron chi connectivity index (χ2n) is 3.32. The van der Waals surface area contributed by atoms with Crippen LogP contribution >= 0.6 is 0 Å². The molecule has 1 aromatic carbocycles. The van der Waals surface area contributed by atoms with Crippen molar-refractivity contribution < 1.29 is 22.5 Å². The van der Waals surface area contributed by atoms with E-state index in [9.17, 15) is 18.0 Å². The summed E-state index contributed by atoms with van der Waals surface area (Å²) >= 11 is 0. The summed E-state index contributed by atoms with van der Waals surface area (Å²) in [5, 5.41) is 3.38. The van der Waals surface area contributed by atoms with Crippen molar-refractivity contribution in [2.24, 2.45) is 4.99 Å². The molecule has 0 aliphatic rings. The molecule has 0 bridgehead atoms. The molecule has 2 aromatic rings. The number of hydrogen-bond acceptors (Lipinski definition) is 4. The van der Waals surface area contributed by atoms with Gasteiger partial charge in [-0.2, -0.15) is 18.2 Å². The van der Waals surface area contributed by atoms with E-state index in [1.54, 1.807) is 0 Å². The molecule has 0 atom stereocenters. The highest BCUT2D eigenvalue weighted by Crippen LogP contribution is 2.35. The lowest BCUT2D eigenvalue weighted by atomic mass is 10.1. The van der Waals surface area contributed by atoms with Crippen LogP contribution in [0.25, 0.3) is 11.3 Å². The molecule has 0 N–H and O–H groups in total. The van der Waals surface area contributed by atoms with E-state index in [2.05, 4.69) is 10.1 Å². The number of hydrogen-bond donors (Lipinski definition) is 0. The highest BCUT2D eigenvalue weighted by molar-refractivity contribution is 5.71. The van der Waals surface area contributed by atoms with E-state index in [4.69, 9.17) is 4.52 Å². The minimum Gasteiger partial charge on any atom is -0.354 e. The Morgan fingerprint density at radius 2 is 2.11 bits per heavy atom. The van der Waals surface area contributed by atoms with E-state index in [-0.39, 0.29) is 17.0 Å². The molecule has 2 rings (SSSR count). The van der Waals surface area contributed by atoms with Gasteiger partial charge in [0.15, 0.2) is 5.76 Å². The van der Waals surface area contributed by atoms with Crippen molar-refractivity contribution in [2.45, 2.75) is 6.18 Å². The van der Waals surface area contributed by atoms with Gasteiger partial charge in [-0.3, -0.25) is 0 Å². The Labute approximate surface area is 98.7 Å². The summed E-state index contributed by atoms with van der Waals surface area (Å²) < 4.78 is 42.4. The highest BCUT2D eigenvalue weighted by Gasteiger charge is 2.30. The molecule has 0 aliphatic heterocycles. The Hall–Kier alpha value is -2.40. The molecular weight excluding hydrogens is 249 g/mol. The summed E-state index contributed by atoms with van der Waals surface area (Å²) in [5.41, 5.74) is -0.655. The largest absolute Gasteiger partial charge is 0.416 e. The van der Waals surface area contributed by atoms with Crippen molar-refractivity contribution in [1.29, 1.82) is 0 Å². The van der Waals surface area contributed by atoms with Gasteiger partial charge in [-0.15, -0.1) is 0 Å². The van der Waals surface area contributed by atoms with Crippen LogP contribution < -0.4 is 0 Å². The van der Waals surface area contributed by atoms with Gasteiger partial charge in [-0.25, -0.2) is 4.79 Å². The van der Waals surface area contributed by atoms with Gasteiger partial charge in [0, 0.05) is 5.56 Å². The Morgan fingerprint density at radius 3 is 2.78 bits per heavy atom. The molecule has 7 heteroatoms. The zero-order valence-electron chi connectivity index (χ0n) is 8.73. The summed E-state index contributed by atoms with van der Waals surface area (Å²) in [4.78, 5) is 13.4. The van der Waals surface area contributed by atoms with Gasteiger partial charge in [0.05, 0.1) is 11.8 Å². The van der Waals surface area contributed by atoms with E-state index in [1.807, 2.05) is 0 Å². The predicted octanol–water partition coefficient (Wildman–Crippen LogP) is 3.33. The zero-order chi connectivity index (χ0) is 13.2. The third kappa shape index (κ3) is 2.31. The summed E-state index contributed by atoms with van der Waals surface area (Å²) in [5.74, 6) is -0.00977. The Kier molecular flexibility index (Phi) is 2.99. The molecule has 0 saturated carbocycles. The number of carbonyl (C=O) groups excluding carboxylic acids is 1. The average molecular weight is 254 g/mol. The normalized spacial score (nSPS) is 11.1. The molecule has 0 spiro atoms. The van der Waals surface area contributed by atoms with E-state index in [1.165, 1.54) is 18.2 Å². The van der Waals surface area contributed by atoms with Crippen LogP contribution in [0.4, 0.5) is 18.9 Å². The fourth-order valence-electron chi connectivity index (χ4n) is 1.40. The van der Waals surface area contributed by atoms with Crippen molar-refractivity contribution in [3.8, 4) is 11.3 Å². The smallest absolute Gasteiger partial charge is 0.354 e. The number of benzene rings is 1. The van der Waals surface area contributed by atoms with Crippen LogP contribution in [0.5, 0.6) is 0 Å². The quantitative estimate of drug-likeness (QED) is 0.610. The number of aromatic nitrogens is 1. The number of halogens is 3. The van der Waals surface area contributed by atoms with E-state index in [0.717, 1.165) is 18.3 Å². The predicted molar refractivity (Wildman–Crippen MR) is 54.7 cm³/mol. The monoisotopic (exact) mass is 254 g/mol. The van der Waals surface area contributed by atoms with Gasteiger partial charge in [-0.1, -0.05) is 17.3 Å². The SMILES string of the molecule is O=C=Nc1cnoc1-c1cccc(C(F)(F)F)c1. The molecule has 4 nitrogen and oxygen atoms in total. The minimum atomic E-state index is -4.45. The first kappa shape index (κ1) is 12.1. The number of alkyl halides is 3. The number of aliphatic imine (C=N–C) groups is 1. The first-order chi connectivity index (χ1) is 8.52. The fourth-order valence-corrected chi connectivity index (χ4v) is 1.40. The van der Waals surface area contributed by atoms with E-state index < -0.39 is 11.7 Å². The third-order valence-corrected chi connectivity index (χ3v) is 2.17. The van der Waals surface area contributed by atoms with Crippen molar-refractivity contribution in [2.75, 3.05) is 0 Å². The summed E-state index contributed by atoms with van der Waals surface area (Å²) in [6.45, 7) is 0. The Morgan fingerprint density at radius 1 is 1.33 bits per heavy atom. The van der Waals surface area contributed by atoms with Gasteiger partial charge < -0.3 is 4.52 Å². The van der Waals surface area contributed by atoms with Crippen molar-refractivity contribution in [1.82, 2.24) is 5.16 Å². The van der Waals surface area contributed by atoms with Crippen LogP contribution in [0.15, 0.2) is 40.0 Å². The maximum atomic E-state index is 12.5. The van der Waals surface area contributed by atoms with Crippen LogP contribution in [0.1, 0.15) is 5.56 Å². The molecule has 0 unspecified atom stereocenters. The topological polar surface area (TPSA) is 55.5 Å². The number of isocyanates is 1. The van der Waals surface area contributed by atoms with E-state index >= 15 is 0 Å². The molecular formula is C11H5F3N2O2. The Balaban J connectivity index is 2.51. The standard InChI is InChI=1S/C11H5F3N2O2/c12-11(13,14)8-3-1-2-7(4-8)10-9(15-6-17)5-16-18-10/h1-5H. The van der Waals surface area contributed by atoms with Crippen LogP contribution in [0, 0.1) is 0 Å². The van der Waals surface area contributed by atoms with Crippen LogP contribution in [0.2, 0.25) is 0 Å². The highest BCUT2D eigenvalue weighted by atomic mass is 19.4. The summed E-state index contributed by atoms with van der Waals surface area (Å²) in [6, 6.07) is 4.46. The summed E-state index contributed by atoms with van der Waals surface area (Å²) in [6.07, 6.45) is -2.05. The molecule has 0 radical (unpaired) electrons. The van der Waals surface area contributed by atoms with Crippen LogP contribution in [-0.4, -0.2) is 11.2 Å². The minimum absolute atomic E-state index is 0.00977. The third-order valence-electron chi connectivity index (χ3n) is 2.17. The molecule has 0 fully saturated rings. The number of rotatable bonds is 2. The lowest BCUT2D eigenvalue weighted by Gasteiger charge is -2.07. The van der Waals surface area contributed by atoms with Gasteiger partial charge >= 0.3 is 6.18 Å². The van der Waals surface area contributed by atoms with Crippen molar-refractivity contribution in [3.63, 3.8) is 0 Å². The maximum Gasteiger partial charge on any atom is 0.416 e. The van der Waals surface area contributed by atoms with Gasteiger partial charge in [0.1, 0.15) is 5.69 Å². The zero-order valence-corrected chi connectivity index (χ0v) is 8.73. The molecule has 1 aromatic heterocycles. The maximum absolute atomic E-state index is 12.5. The molecule has 18 heavy (non-hydrogen) atoms. The first-order valence-corrected chi connectivity index (χ1v) is 4.72. The lowest BCUT2D eigenvalue weighted by Crippen LogP contribution is -2.04. The first-order valence-electron chi connectivity index (χ1n) is 4.72. The van der Waals surface area contributed by atoms with Gasteiger partial charge in [0.2, 0.25) is 6.08 Å². The van der Waals surface area contributed by atoms with Crippen molar-refractivity contribution in [3.05, 3.63) is 36.0 Å². The fraction of sp³-hybridized carbons (Fsp3) is 0.0909. The average Bonchev–Trinajstić information content (AvgIpc) is 2.77. The van der Waals surface area contributed by atoms with Gasteiger partial charge in [0.25, 0.3) is 0 Å². The van der Waals surface area contributed by atoms with Crippen molar-refractivity contribution >= 4 is 11.8 Å². The second-order valence-corrected chi connectivity index (χ2v) is 3.32. The summed E-state index contributed by atoms with van der Waals surface area (Å²) in [7, 11) is 0. The molecule has 0 saturated heterocycles. The number of nitrogens with zero attached hydrogens (tertiary/aromatic N) is 2. The Bertz CT molecular complexity index is 613. The van der Waals surface area contributed by atoms with Crippen LogP contribution in [0.3, 0.4) is 0 Å². The van der Waals surface area contributed by atoms with Crippen LogP contribution in [-0.2, 0) is 11.0 Å². The lowest BCUT2D eigenvalue weighted by molar-refractivity contribution is -0.137.